The van der Waals surface area contributed by atoms with Gasteiger partial charge < -0.3 is 19.5 Å². The smallest absolute Gasteiger partial charge is 0.225 e. The Labute approximate surface area is 175 Å². The molecule has 6 nitrogen and oxygen atoms in total. The number of benzene rings is 2. The third-order valence-electron chi connectivity index (χ3n) is 5.91. The van der Waals surface area contributed by atoms with Crippen molar-refractivity contribution >= 4 is 11.7 Å². The van der Waals surface area contributed by atoms with E-state index in [1.807, 2.05) is 42.5 Å². The topological polar surface area (TPSA) is 73.9 Å². The predicted octanol–water partition coefficient (Wildman–Crippen LogP) is 3.72. The first-order valence-corrected chi connectivity index (χ1v) is 9.96. The van der Waals surface area contributed by atoms with Crippen molar-refractivity contribution in [3.63, 3.8) is 0 Å². The molecule has 0 bridgehead atoms. The molecule has 2 aromatic carbocycles. The molecular weight excluding hydrogens is 382 g/mol. The van der Waals surface area contributed by atoms with Crippen molar-refractivity contribution in [1.82, 2.24) is 5.32 Å². The molecule has 0 aromatic heterocycles. The van der Waals surface area contributed by atoms with Gasteiger partial charge in [-0.2, -0.15) is 0 Å². The summed E-state index contributed by atoms with van der Waals surface area (Å²) in [5, 5.41) is 2.96. The van der Waals surface area contributed by atoms with Crippen molar-refractivity contribution in [3.05, 3.63) is 64.9 Å². The summed E-state index contributed by atoms with van der Waals surface area (Å²) in [5.41, 5.74) is 3.25. The molecule has 2 aliphatic rings. The Morgan fingerprint density at radius 2 is 1.63 bits per heavy atom. The van der Waals surface area contributed by atoms with E-state index in [1.54, 1.807) is 21.3 Å². The Morgan fingerprint density at radius 3 is 2.37 bits per heavy atom. The lowest BCUT2D eigenvalue weighted by molar-refractivity contribution is -0.122. The standard InChI is InChI=1S/C24H25NO5/c1-28-16-6-4-5-14(9-16)19-13-23(27)25-20-10-15(11-21(26)24(19)20)18-12-17(29-2)7-8-22(18)30-3/h4-9,12,15,19H,10-11,13H2,1-3H3,(H,25,27)/t15-,19-/m1/s1. The fourth-order valence-electron chi connectivity index (χ4n) is 4.48. The van der Waals surface area contributed by atoms with E-state index in [0.717, 1.165) is 11.1 Å². The van der Waals surface area contributed by atoms with Gasteiger partial charge in [-0.05, 0) is 42.3 Å². The Hall–Kier alpha value is -3.28. The quantitative estimate of drug-likeness (QED) is 0.818. The predicted molar refractivity (Wildman–Crippen MR) is 112 cm³/mol. The second-order valence-corrected chi connectivity index (χ2v) is 7.61. The number of Topliss-reactive ketones (excluding diaryl/α,β-unsaturated/α-hetero) is 1. The highest BCUT2D eigenvalue weighted by molar-refractivity contribution is 6.02. The average molecular weight is 407 g/mol. The zero-order valence-electron chi connectivity index (χ0n) is 17.4. The number of rotatable bonds is 5. The minimum absolute atomic E-state index is 0.0546. The van der Waals surface area contributed by atoms with Gasteiger partial charge in [-0.1, -0.05) is 12.1 Å². The highest BCUT2D eigenvalue weighted by Crippen LogP contribution is 2.45. The summed E-state index contributed by atoms with van der Waals surface area (Å²) in [5.74, 6) is 1.76. The van der Waals surface area contributed by atoms with Crippen LogP contribution in [-0.4, -0.2) is 33.0 Å². The second-order valence-electron chi connectivity index (χ2n) is 7.61. The summed E-state index contributed by atoms with van der Waals surface area (Å²) in [7, 11) is 4.83. The van der Waals surface area contributed by atoms with E-state index in [2.05, 4.69) is 5.32 Å². The monoisotopic (exact) mass is 407 g/mol. The molecule has 2 atom stereocenters. The summed E-state index contributed by atoms with van der Waals surface area (Å²) in [6.45, 7) is 0. The molecule has 1 aliphatic carbocycles. The number of hydrogen-bond acceptors (Lipinski definition) is 5. The van der Waals surface area contributed by atoms with Gasteiger partial charge >= 0.3 is 0 Å². The summed E-state index contributed by atoms with van der Waals surface area (Å²) >= 11 is 0. The number of carbonyl (C=O) groups is 2. The van der Waals surface area contributed by atoms with Gasteiger partial charge in [0, 0.05) is 41.5 Å². The fourth-order valence-corrected chi connectivity index (χ4v) is 4.48. The third kappa shape index (κ3) is 3.65. The minimum Gasteiger partial charge on any atom is -0.497 e. The Bertz CT molecular complexity index is 1030. The molecule has 2 aromatic rings. The van der Waals surface area contributed by atoms with Crippen LogP contribution in [0.15, 0.2) is 53.7 Å². The van der Waals surface area contributed by atoms with Crippen molar-refractivity contribution in [2.45, 2.75) is 31.1 Å². The first-order chi connectivity index (χ1) is 14.5. The minimum atomic E-state index is -0.260. The van der Waals surface area contributed by atoms with Crippen LogP contribution in [0.25, 0.3) is 0 Å². The van der Waals surface area contributed by atoms with Crippen molar-refractivity contribution in [2.24, 2.45) is 0 Å². The van der Waals surface area contributed by atoms with Gasteiger partial charge in [-0.25, -0.2) is 0 Å². The molecule has 156 valence electrons. The van der Waals surface area contributed by atoms with Gasteiger partial charge in [0.1, 0.15) is 17.2 Å². The van der Waals surface area contributed by atoms with E-state index >= 15 is 0 Å². The van der Waals surface area contributed by atoms with E-state index in [4.69, 9.17) is 14.2 Å². The maximum absolute atomic E-state index is 13.3. The van der Waals surface area contributed by atoms with Crippen LogP contribution in [-0.2, 0) is 9.59 Å². The van der Waals surface area contributed by atoms with Gasteiger partial charge in [0.2, 0.25) is 5.91 Å². The molecule has 0 unspecified atom stereocenters. The molecule has 1 heterocycles. The number of ketones is 1. The fraction of sp³-hybridized carbons (Fsp3) is 0.333. The SMILES string of the molecule is COc1cccc([C@H]2CC(=O)NC3=C2C(=O)C[C@H](c2cc(OC)ccc2OC)C3)c1. The van der Waals surface area contributed by atoms with E-state index in [9.17, 15) is 9.59 Å². The van der Waals surface area contributed by atoms with Gasteiger partial charge in [-0.3, -0.25) is 9.59 Å². The Balaban J connectivity index is 1.73. The maximum Gasteiger partial charge on any atom is 0.225 e. The average Bonchev–Trinajstić information content (AvgIpc) is 2.77. The van der Waals surface area contributed by atoms with E-state index in [0.29, 0.717) is 41.4 Å². The van der Waals surface area contributed by atoms with Crippen LogP contribution < -0.4 is 19.5 Å². The zero-order valence-corrected chi connectivity index (χ0v) is 17.4. The zero-order chi connectivity index (χ0) is 21.3. The number of ether oxygens (including phenoxy) is 3. The molecule has 1 aliphatic heterocycles. The largest absolute Gasteiger partial charge is 0.497 e. The Morgan fingerprint density at radius 1 is 0.867 bits per heavy atom. The van der Waals surface area contributed by atoms with Gasteiger partial charge in [0.05, 0.1) is 21.3 Å². The molecule has 0 saturated heterocycles. The summed E-state index contributed by atoms with van der Waals surface area (Å²) in [6.07, 6.45) is 1.18. The molecule has 0 spiro atoms. The van der Waals surface area contributed by atoms with Crippen molar-refractivity contribution in [2.75, 3.05) is 21.3 Å². The number of allylic oxidation sites excluding steroid dienone is 2. The van der Waals surface area contributed by atoms with Gasteiger partial charge in [0.25, 0.3) is 0 Å². The first kappa shape index (κ1) is 20.0. The molecule has 4 rings (SSSR count). The molecule has 6 heteroatoms. The molecular formula is C24H25NO5. The number of carbonyl (C=O) groups excluding carboxylic acids is 2. The number of amides is 1. The van der Waals surface area contributed by atoms with E-state index in [-0.39, 0.29) is 29.9 Å². The lowest BCUT2D eigenvalue weighted by atomic mass is 9.73. The molecule has 0 fully saturated rings. The molecule has 30 heavy (non-hydrogen) atoms. The Kier molecular flexibility index (Phi) is 5.48. The number of hydrogen-bond donors (Lipinski definition) is 1. The number of nitrogens with one attached hydrogen (secondary N) is 1. The van der Waals surface area contributed by atoms with Crippen molar-refractivity contribution in [1.29, 1.82) is 0 Å². The second kappa shape index (κ2) is 8.22. The first-order valence-electron chi connectivity index (χ1n) is 9.96. The van der Waals surface area contributed by atoms with E-state index in [1.165, 1.54) is 0 Å². The van der Waals surface area contributed by atoms with Crippen LogP contribution >= 0.6 is 0 Å². The summed E-state index contributed by atoms with van der Waals surface area (Å²) in [4.78, 5) is 25.8. The molecule has 1 amide bonds. The lowest BCUT2D eigenvalue weighted by Gasteiger charge is -2.35. The van der Waals surface area contributed by atoms with Crippen LogP contribution in [0.2, 0.25) is 0 Å². The van der Waals surface area contributed by atoms with Crippen LogP contribution in [0.5, 0.6) is 17.2 Å². The van der Waals surface area contributed by atoms with E-state index < -0.39 is 0 Å². The number of methoxy groups -OCH3 is 3. The van der Waals surface area contributed by atoms with Crippen LogP contribution in [0.1, 0.15) is 42.2 Å². The molecule has 1 N–H and O–H groups in total. The highest BCUT2D eigenvalue weighted by Gasteiger charge is 2.39. The van der Waals surface area contributed by atoms with Gasteiger partial charge in [-0.15, -0.1) is 0 Å². The highest BCUT2D eigenvalue weighted by atomic mass is 16.5. The lowest BCUT2D eigenvalue weighted by Crippen LogP contribution is -2.38. The molecule has 0 saturated carbocycles. The maximum atomic E-state index is 13.3. The van der Waals surface area contributed by atoms with Crippen molar-refractivity contribution in [3.8, 4) is 17.2 Å². The van der Waals surface area contributed by atoms with Crippen LogP contribution in [0.3, 0.4) is 0 Å². The molecule has 0 radical (unpaired) electrons. The van der Waals surface area contributed by atoms with Crippen LogP contribution in [0, 0.1) is 0 Å². The summed E-state index contributed by atoms with van der Waals surface area (Å²) < 4.78 is 16.2. The van der Waals surface area contributed by atoms with Crippen molar-refractivity contribution < 1.29 is 23.8 Å². The summed E-state index contributed by atoms with van der Waals surface area (Å²) in [6, 6.07) is 13.2. The van der Waals surface area contributed by atoms with Gasteiger partial charge in [0.15, 0.2) is 5.78 Å². The normalized spacial score (nSPS) is 21.0. The van der Waals surface area contributed by atoms with Crippen LogP contribution in [0.4, 0.5) is 0 Å². The third-order valence-corrected chi connectivity index (χ3v) is 5.91.